The highest BCUT2D eigenvalue weighted by Gasteiger charge is 2.15. The van der Waals surface area contributed by atoms with Crippen molar-refractivity contribution < 1.29 is 0 Å². The van der Waals surface area contributed by atoms with E-state index in [1.807, 2.05) is 19.1 Å². The van der Waals surface area contributed by atoms with E-state index in [9.17, 15) is 5.26 Å². The van der Waals surface area contributed by atoms with Crippen LogP contribution < -0.4 is 0 Å². The van der Waals surface area contributed by atoms with E-state index >= 15 is 0 Å². The number of nitrogens with zero attached hydrogens (tertiary/aromatic N) is 1. The van der Waals surface area contributed by atoms with Crippen LogP contribution in [0, 0.1) is 18.3 Å². The van der Waals surface area contributed by atoms with Crippen molar-refractivity contribution in [2.24, 2.45) is 0 Å². The van der Waals surface area contributed by atoms with E-state index in [1.165, 1.54) is 22.3 Å². The molecule has 0 aromatic heterocycles. The standard InChI is InChI=1S/C25H29N/c1-16(2)17(3)18(4)23-13-20(15-26)14-24(19(23)5)21-9-11-22(12-10-21)25(6,7)8/h9-14H,1H2,2-8H3/b18-17+. The quantitative estimate of drug-likeness (QED) is 0.540. The molecule has 2 aromatic carbocycles. The van der Waals surface area contributed by atoms with Crippen LogP contribution in [-0.2, 0) is 5.41 Å². The van der Waals surface area contributed by atoms with Gasteiger partial charge in [-0.05, 0) is 84.2 Å². The van der Waals surface area contributed by atoms with Crippen LogP contribution in [-0.4, -0.2) is 0 Å². The van der Waals surface area contributed by atoms with E-state index in [0.717, 1.165) is 22.3 Å². The van der Waals surface area contributed by atoms with E-state index < -0.39 is 0 Å². The Kier molecular flexibility index (Phi) is 5.57. The molecule has 0 saturated heterocycles. The van der Waals surface area contributed by atoms with Gasteiger partial charge in [-0.15, -0.1) is 0 Å². The molecule has 0 aliphatic rings. The van der Waals surface area contributed by atoms with Crippen LogP contribution in [0.3, 0.4) is 0 Å². The number of nitriles is 1. The first-order valence-electron chi connectivity index (χ1n) is 9.05. The number of rotatable bonds is 3. The molecule has 1 heteroatoms. The van der Waals surface area contributed by atoms with Gasteiger partial charge in [0.2, 0.25) is 0 Å². The summed E-state index contributed by atoms with van der Waals surface area (Å²) in [7, 11) is 0. The second-order valence-corrected chi connectivity index (χ2v) is 8.17. The second kappa shape index (κ2) is 7.34. The number of hydrogen-bond acceptors (Lipinski definition) is 1. The highest BCUT2D eigenvalue weighted by molar-refractivity contribution is 5.80. The monoisotopic (exact) mass is 343 g/mol. The molecule has 0 unspecified atom stereocenters. The molecular formula is C25H29N. The Bertz CT molecular complexity index is 910. The summed E-state index contributed by atoms with van der Waals surface area (Å²) in [6.07, 6.45) is 0. The molecule has 2 rings (SSSR count). The normalized spacial score (nSPS) is 12.4. The zero-order valence-corrected chi connectivity index (χ0v) is 17.1. The predicted octanol–water partition coefficient (Wildman–Crippen LogP) is 7.20. The highest BCUT2D eigenvalue weighted by Crippen LogP contribution is 2.34. The lowest BCUT2D eigenvalue weighted by atomic mass is 9.85. The average molecular weight is 344 g/mol. The Hall–Kier alpha value is -2.59. The molecule has 134 valence electrons. The van der Waals surface area contributed by atoms with Gasteiger partial charge in [-0.2, -0.15) is 5.26 Å². The molecule has 0 radical (unpaired) electrons. The Balaban J connectivity index is 2.68. The Morgan fingerprint density at radius 2 is 1.58 bits per heavy atom. The lowest BCUT2D eigenvalue weighted by Gasteiger charge is -2.20. The largest absolute Gasteiger partial charge is 0.192 e. The minimum absolute atomic E-state index is 0.130. The van der Waals surface area contributed by atoms with E-state index in [0.29, 0.717) is 5.56 Å². The molecule has 0 N–H and O–H groups in total. The zero-order chi connectivity index (χ0) is 19.6. The third-order valence-corrected chi connectivity index (χ3v) is 5.21. The first-order valence-corrected chi connectivity index (χ1v) is 9.05. The lowest BCUT2D eigenvalue weighted by Crippen LogP contribution is -2.10. The minimum Gasteiger partial charge on any atom is -0.192 e. The van der Waals surface area contributed by atoms with Crippen LogP contribution in [0.5, 0.6) is 0 Å². The number of benzene rings is 2. The van der Waals surface area contributed by atoms with Crippen molar-refractivity contribution in [3.8, 4) is 17.2 Å². The maximum absolute atomic E-state index is 9.52. The summed E-state index contributed by atoms with van der Waals surface area (Å²) in [5, 5.41) is 9.52. The maximum Gasteiger partial charge on any atom is 0.0992 e. The molecule has 0 aliphatic carbocycles. The Labute approximate surface area is 158 Å². The molecule has 0 heterocycles. The van der Waals surface area contributed by atoms with Gasteiger partial charge in [0, 0.05) is 0 Å². The van der Waals surface area contributed by atoms with E-state index in [2.05, 4.69) is 78.5 Å². The Morgan fingerprint density at radius 1 is 1.00 bits per heavy atom. The lowest BCUT2D eigenvalue weighted by molar-refractivity contribution is 0.590. The van der Waals surface area contributed by atoms with E-state index in [-0.39, 0.29) is 5.41 Å². The van der Waals surface area contributed by atoms with Crippen molar-refractivity contribution in [1.29, 1.82) is 5.26 Å². The van der Waals surface area contributed by atoms with Gasteiger partial charge < -0.3 is 0 Å². The molecule has 2 aromatic rings. The number of allylic oxidation sites excluding steroid dienone is 3. The summed E-state index contributed by atoms with van der Waals surface area (Å²) in [6.45, 7) is 19.1. The Morgan fingerprint density at radius 3 is 2.04 bits per heavy atom. The van der Waals surface area contributed by atoms with Crippen molar-refractivity contribution in [3.05, 3.63) is 76.4 Å². The first-order chi connectivity index (χ1) is 12.1. The summed E-state index contributed by atoms with van der Waals surface area (Å²) in [5.74, 6) is 0. The topological polar surface area (TPSA) is 23.8 Å². The van der Waals surface area contributed by atoms with Crippen LogP contribution in [0.1, 0.15) is 63.8 Å². The van der Waals surface area contributed by atoms with Gasteiger partial charge in [-0.25, -0.2) is 0 Å². The van der Waals surface area contributed by atoms with Crippen LogP contribution in [0.15, 0.2) is 54.1 Å². The fourth-order valence-corrected chi connectivity index (χ4v) is 3.14. The highest BCUT2D eigenvalue weighted by atomic mass is 14.3. The van der Waals surface area contributed by atoms with Crippen molar-refractivity contribution in [1.82, 2.24) is 0 Å². The number of hydrogen-bond donors (Lipinski definition) is 0. The third kappa shape index (κ3) is 3.97. The van der Waals surface area contributed by atoms with Crippen LogP contribution >= 0.6 is 0 Å². The van der Waals surface area contributed by atoms with Gasteiger partial charge in [-0.1, -0.05) is 57.2 Å². The van der Waals surface area contributed by atoms with Gasteiger partial charge in [0.15, 0.2) is 0 Å². The minimum atomic E-state index is 0.130. The van der Waals surface area contributed by atoms with E-state index in [1.54, 1.807) is 0 Å². The molecule has 0 aliphatic heterocycles. The molecule has 0 amide bonds. The first kappa shape index (κ1) is 19.7. The summed E-state index contributed by atoms with van der Waals surface area (Å²) in [5.41, 5.74) is 10.1. The van der Waals surface area contributed by atoms with Gasteiger partial charge >= 0.3 is 0 Å². The summed E-state index contributed by atoms with van der Waals surface area (Å²) in [4.78, 5) is 0. The summed E-state index contributed by atoms with van der Waals surface area (Å²) in [6, 6.07) is 15.0. The van der Waals surface area contributed by atoms with Gasteiger partial charge in [0.25, 0.3) is 0 Å². The van der Waals surface area contributed by atoms with Crippen LogP contribution in [0.25, 0.3) is 16.7 Å². The molecule has 1 nitrogen and oxygen atoms in total. The van der Waals surface area contributed by atoms with Gasteiger partial charge in [-0.3, -0.25) is 0 Å². The maximum atomic E-state index is 9.52. The van der Waals surface area contributed by atoms with Gasteiger partial charge in [0.1, 0.15) is 0 Å². The van der Waals surface area contributed by atoms with Crippen LogP contribution in [0.4, 0.5) is 0 Å². The smallest absolute Gasteiger partial charge is 0.0992 e. The zero-order valence-electron chi connectivity index (χ0n) is 17.1. The fourth-order valence-electron chi connectivity index (χ4n) is 3.14. The molecule has 0 spiro atoms. The SMILES string of the molecule is C=C(C)/C(C)=C(\C)c1cc(C#N)cc(-c2ccc(C(C)(C)C)cc2)c1C. The predicted molar refractivity (Wildman–Crippen MR) is 113 cm³/mol. The molecular weight excluding hydrogens is 314 g/mol. The third-order valence-electron chi connectivity index (χ3n) is 5.21. The average Bonchev–Trinajstić information content (AvgIpc) is 2.60. The van der Waals surface area contributed by atoms with Crippen molar-refractivity contribution >= 4 is 5.57 Å². The van der Waals surface area contributed by atoms with Crippen molar-refractivity contribution in [3.63, 3.8) is 0 Å². The summed E-state index contributed by atoms with van der Waals surface area (Å²) < 4.78 is 0. The van der Waals surface area contributed by atoms with Crippen molar-refractivity contribution in [2.45, 2.75) is 53.9 Å². The van der Waals surface area contributed by atoms with Crippen LogP contribution in [0.2, 0.25) is 0 Å². The fraction of sp³-hybridized carbons (Fsp3) is 0.320. The molecule has 0 fully saturated rings. The van der Waals surface area contributed by atoms with Gasteiger partial charge in [0.05, 0.1) is 11.6 Å². The molecule has 26 heavy (non-hydrogen) atoms. The molecule has 0 atom stereocenters. The van der Waals surface area contributed by atoms with Crippen molar-refractivity contribution in [2.75, 3.05) is 0 Å². The molecule has 0 bridgehead atoms. The van der Waals surface area contributed by atoms with E-state index in [4.69, 9.17) is 0 Å². The summed E-state index contributed by atoms with van der Waals surface area (Å²) >= 11 is 0. The second-order valence-electron chi connectivity index (χ2n) is 8.17. The molecule has 0 saturated carbocycles.